The summed E-state index contributed by atoms with van der Waals surface area (Å²) in [5, 5.41) is 6.20. The van der Waals surface area contributed by atoms with E-state index in [0.717, 1.165) is 22.2 Å². The predicted molar refractivity (Wildman–Crippen MR) is 62.8 cm³/mol. The monoisotopic (exact) mass is 220 g/mol. The molecule has 78 valence electrons. The summed E-state index contributed by atoms with van der Waals surface area (Å²) in [6, 6.07) is 3.72. The number of rotatable bonds is 3. The van der Waals surface area contributed by atoms with Crippen molar-refractivity contribution in [3.05, 3.63) is 34.4 Å². The molecule has 0 spiro atoms. The first-order chi connectivity index (χ1) is 7.25. The van der Waals surface area contributed by atoms with Crippen LogP contribution in [-0.2, 0) is 6.54 Å². The fourth-order valence-electron chi connectivity index (χ4n) is 1.18. The molecule has 15 heavy (non-hydrogen) atoms. The molecule has 3 N–H and O–H groups in total. The molecular weight excluding hydrogens is 208 g/mol. The molecule has 5 heteroatoms. The lowest BCUT2D eigenvalue weighted by Crippen LogP contribution is -2.02. The van der Waals surface area contributed by atoms with E-state index in [-0.39, 0.29) is 0 Å². The second-order valence-electron chi connectivity index (χ2n) is 3.15. The zero-order chi connectivity index (χ0) is 10.7. The molecule has 2 rings (SSSR count). The number of hydrogen-bond acceptors (Lipinski definition) is 5. The molecule has 0 aromatic carbocycles. The summed E-state index contributed by atoms with van der Waals surface area (Å²) in [7, 11) is 0. The van der Waals surface area contributed by atoms with Crippen molar-refractivity contribution < 1.29 is 0 Å². The molecule has 0 amide bonds. The van der Waals surface area contributed by atoms with Gasteiger partial charge in [-0.2, -0.15) is 0 Å². The van der Waals surface area contributed by atoms with Gasteiger partial charge in [-0.25, -0.2) is 9.97 Å². The molecule has 0 fully saturated rings. The number of aromatic nitrogens is 2. The Kier molecular flexibility index (Phi) is 2.82. The van der Waals surface area contributed by atoms with Crippen LogP contribution in [0.2, 0.25) is 0 Å². The van der Waals surface area contributed by atoms with Crippen molar-refractivity contribution >= 4 is 22.8 Å². The highest BCUT2D eigenvalue weighted by atomic mass is 32.1. The highest BCUT2D eigenvalue weighted by Crippen LogP contribution is 2.13. The van der Waals surface area contributed by atoms with Gasteiger partial charge in [-0.3, -0.25) is 0 Å². The minimum Gasteiger partial charge on any atom is -0.397 e. The number of nitrogens with zero attached hydrogens (tertiary/aromatic N) is 2. The standard InChI is InChI=1S/C10H12N4S/c1-7-8(11)2-3-9(14-7)13-6-10-12-4-5-15-10/h2-5H,6,11H2,1H3,(H,13,14). The molecule has 0 atom stereocenters. The van der Waals surface area contributed by atoms with Gasteiger partial charge in [-0.1, -0.05) is 0 Å². The Labute approximate surface area is 92.2 Å². The van der Waals surface area contributed by atoms with E-state index in [9.17, 15) is 0 Å². The average molecular weight is 220 g/mol. The van der Waals surface area contributed by atoms with Gasteiger partial charge in [0.15, 0.2) is 0 Å². The van der Waals surface area contributed by atoms with Crippen LogP contribution in [0.1, 0.15) is 10.7 Å². The molecule has 4 nitrogen and oxygen atoms in total. The van der Waals surface area contributed by atoms with Crippen LogP contribution in [0.15, 0.2) is 23.7 Å². The fraction of sp³-hybridized carbons (Fsp3) is 0.200. The zero-order valence-corrected chi connectivity index (χ0v) is 9.21. The van der Waals surface area contributed by atoms with Crippen LogP contribution in [-0.4, -0.2) is 9.97 Å². The van der Waals surface area contributed by atoms with Crippen LogP contribution in [0.5, 0.6) is 0 Å². The van der Waals surface area contributed by atoms with E-state index in [1.165, 1.54) is 0 Å². The number of aryl methyl sites for hydroxylation is 1. The summed E-state index contributed by atoms with van der Waals surface area (Å²) in [6.45, 7) is 2.60. The van der Waals surface area contributed by atoms with Crippen molar-refractivity contribution in [2.75, 3.05) is 11.1 Å². The molecule has 0 radical (unpaired) electrons. The van der Waals surface area contributed by atoms with E-state index in [0.29, 0.717) is 6.54 Å². The van der Waals surface area contributed by atoms with Gasteiger partial charge in [0.25, 0.3) is 0 Å². The number of nitrogen functional groups attached to an aromatic ring is 1. The number of anilines is 2. The Morgan fingerprint density at radius 3 is 3.00 bits per heavy atom. The second kappa shape index (κ2) is 4.27. The van der Waals surface area contributed by atoms with E-state index < -0.39 is 0 Å². The van der Waals surface area contributed by atoms with Crippen molar-refractivity contribution in [3.8, 4) is 0 Å². The summed E-state index contributed by atoms with van der Waals surface area (Å²) < 4.78 is 0. The number of thiazole rings is 1. The molecular formula is C10H12N4S. The molecule has 0 aliphatic carbocycles. The Morgan fingerprint density at radius 2 is 2.33 bits per heavy atom. The smallest absolute Gasteiger partial charge is 0.126 e. The van der Waals surface area contributed by atoms with Crippen LogP contribution in [0.4, 0.5) is 11.5 Å². The number of nitrogens with two attached hydrogens (primary N) is 1. The van der Waals surface area contributed by atoms with E-state index in [1.807, 2.05) is 24.4 Å². The van der Waals surface area contributed by atoms with Gasteiger partial charge in [-0.15, -0.1) is 11.3 Å². The van der Waals surface area contributed by atoms with Crippen LogP contribution in [0, 0.1) is 6.92 Å². The molecule has 0 aliphatic rings. The Hall–Kier alpha value is -1.62. The van der Waals surface area contributed by atoms with E-state index in [2.05, 4.69) is 15.3 Å². The molecule has 0 unspecified atom stereocenters. The average Bonchev–Trinajstić information content (AvgIpc) is 2.73. The summed E-state index contributed by atoms with van der Waals surface area (Å²) in [5.74, 6) is 0.830. The molecule has 0 bridgehead atoms. The molecule has 0 aliphatic heterocycles. The van der Waals surface area contributed by atoms with Crippen molar-refractivity contribution in [3.63, 3.8) is 0 Å². The van der Waals surface area contributed by atoms with Gasteiger partial charge >= 0.3 is 0 Å². The van der Waals surface area contributed by atoms with Crippen LogP contribution in [0.25, 0.3) is 0 Å². The Balaban J connectivity index is 2.02. The third-order valence-electron chi connectivity index (χ3n) is 2.03. The summed E-state index contributed by atoms with van der Waals surface area (Å²) >= 11 is 1.62. The lowest BCUT2D eigenvalue weighted by Gasteiger charge is -2.05. The summed E-state index contributed by atoms with van der Waals surface area (Å²) in [5.41, 5.74) is 7.24. The van der Waals surface area contributed by atoms with Gasteiger partial charge in [0.05, 0.1) is 17.9 Å². The summed E-state index contributed by atoms with van der Waals surface area (Å²) in [6.07, 6.45) is 1.79. The van der Waals surface area contributed by atoms with Crippen molar-refractivity contribution in [1.29, 1.82) is 0 Å². The first-order valence-corrected chi connectivity index (χ1v) is 5.49. The first kappa shape index (κ1) is 9.92. The maximum Gasteiger partial charge on any atom is 0.126 e. The van der Waals surface area contributed by atoms with Gasteiger partial charge in [0.1, 0.15) is 10.8 Å². The zero-order valence-electron chi connectivity index (χ0n) is 8.40. The highest BCUT2D eigenvalue weighted by molar-refractivity contribution is 7.09. The normalized spacial score (nSPS) is 10.2. The Morgan fingerprint density at radius 1 is 1.47 bits per heavy atom. The van der Waals surface area contributed by atoms with Crippen LogP contribution in [0.3, 0.4) is 0 Å². The number of nitrogens with one attached hydrogen (secondary N) is 1. The third kappa shape index (κ3) is 2.44. The molecule has 2 aromatic heterocycles. The summed E-state index contributed by atoms with van der Waals surface area (Å²) in [4.78, 5) is 8.49. The Bertz CT molecular complexity index is 439. The SMILES string of the molecule is Cc1nc(NCc2nccs2)ccc1N. The van der Waals surface area contributed by atoms with Crippen molar-refractivity contribution in [2.24, 2.45) is 0 Å². The van der Waals surface area contributed by atoms with E-state index in [1.54, 1.807) is 17.5 Å². The van der Waals surface area contributed by atoms with Crippen LogP contribution < -0.4 is 11.1 Å². The highest BCUT2D eigenvalue weighted by Gasteiger charge is 1.99. The van der Waals surface area contributed by atoms with Gasteiger partial charge in [0.2, 0.25) is 0 Å². The second-order valence-corrected chi connectivity index (χ2v) is 4.13. The fourth-order valence-corrected chi connectivity index (χ4v) is 1.73. The van der Waals surface area contributed by atoms with Gasteiger partial charge < -0.3 is 11.1 Å². The lowest BCUT2D eigenvalue weighted by atomic mass is 10.3. The molecule has 2 aromatic rings. The molecule has 2 heterocycles. The number of pyridine rings is 1. The topological polar surface area (TPSA) is 63.8 Å². The van der Waals surface area contributed by atoms with Crippen LogP contribution >= 0.6 is 11.3 Å². The van der Waals surface area contributed by atoms with E-state index >= 15 is 0 Å². The maximum atomic E-state index is 5.68. The lowest BCUT2D eigenvalue weighted by molar-refractivity contribution is 1.07. The predicted octanol–water partition coefficient (Wildman–Crippen LogP) is 2.04. The molecule has 0 saturated carbocycles. The largest absolute Gasteiger partial charge is 0.397 e. The molecule has 0 saturated heterocycles. The quantitative estimate of drug-likeness (QED) is 0.830. The van der Waals surface area contributed by atoms with Crippen molar-refractivity contribution in [1.82, 2.24) is 9.97 Å². The number of hydrogen-bond donors (Lipinski definition) is 2. The van der Waals surface area contributed by atoms with Gasteiger partial charge in [-0.05, 0) is 19.1 Å². The van der Waals surface area contributed by atoms with E-state index in [4.69, 9.17) is 5.73 Å². The van der Waals surface area contributed by atoms with Gasteiger partial charge in [0, 0.05) is 11.6 Å². The van der Waals surface area contributed by atoms with Crippen molar-refractivity contribution in [2.45, 2.75) is 13.5 Å². The minimum absolute atomic E-state index is 0.702. The maximum absolute atomic E-state index is 5.68. The minimum atomic E-state index is 0.702. The third-order valence-corrected chi connectivity index (χ3v) is 2.81. The first-order valence-electron chi connectivity index (χ1n) is 4.61.